The predicted molar refractivity (Wildman–Crippen MR) is 112 cm³/mol. The number of benzene rings is 1. The van der Waals surface area contributed by atoms with E-state index >= 15 is 0 Å². The van der Waals surface area contributed by atoms with Crippen LogP contribution in [0.15, 0.2) is 24.3 Å². The second-order valence-corrected chi connectivity index (χ2v) is 7.31. The lowest BCUT2D eigenvalue weighted by molar-refractivity contribution is -0.385. The van der Waals surface area contributed by atoms with E-state index in [0.717, 1.165) is 37.3 Å². The maximum atomic E-state index is 11.3. The first-order valence-electron chi connectivity index (χ1n) is 9.77. The fraction of sp³-hybridized carbons (Fsp3) is 0.450. The number of amides is 1. The molecular formula is C20H26N6O3. The zero-order chi connectivity index (χ0) is 21.0. The maximum absolute atomic E-state index is 11.3. The highest BCUT2D eigenvalue weighted by Crippen LogP contribution is 2.26. The van der Waals surface area contributed by atoms with Crippen LogP contribution >= 0.6 is 0 Å². The summed E-state index contributed by atoms with van der Waals surface area (Å²) in [7, 11) is 0. The van der Waals surface area contributed by atoms with E-state index in [2.05, 4.69) is 32.4 Å². The van der Waals surface area contributed by atoms with Gasteiger partial charge in [-0.05, 0) is 25.8 Å². The van der Waals surface area contributed by atoms with E-state index < -0.39 is 4.92 Å². The first-order chi connectivity index (χ1) is 13.9. The van der Waals surface area contributed by atoms with E-state index in [9.17, 15) is 14.9 Å². The van der Waals surface area contributed by atoms with Crippen LogP contribution < -0.4 is 15.5 Å². The summed E-state index contributed by atoms with van der Waals surface area (Å²) in [6, 6.07) is 7.06. The summed E-state index contributed by atoms with van der Waals surface area (Å²) in [6.07, 6.45) is 2.61. The van der Waals surface area contributed by atoms with Gasteiger partial charge in [0.2, 0.25) is 11.9 Å². The smallest absolute Gasteiger partial charge is 0.274 e. The molecule has 1 amide bonds. The minimum atomic E-state index is -0.396. The Bertz CT molecular complexity index is 917. The van der Waals surface area contributed by atoms with Gasteiger partial charge in [0.25, 0.3) is 5.69 Å². The normalized spacial score (nSPS) is 16.0. The lowest BCUT2D eigenvalue weighted by atomic mass is 10.2. The molecule has 154 valence electrons. The third kappa shape index (κ3) is 5.18. The second-order valence-electron chi connectivity index (χ2n) is 7.31. The van der Waals surface area contributed by atoms with Crippen molar-refractivity contribution in [1.82, 2.24) is 15.3 Å². The summed E-state index contributed by atoms with van der Waals surface area (Å²) in [5, 5.41) is 17.3. The Labute approximate surface area is 169 Å². The Morgan fingerprint density at radius 3 is 2.83 bits per heavy atom. The molecule has 0 aliphatic carbocycles. The minimum Gasteiger partial charge on any atom is -0.354 e. The molecular weight excluding hydrogens is 372 g/mol. The van der Waals surface area contributed by atoms with Gasteiger partial charge in [0.1, 0.15) is 5.82 Å². The number of carbonyl (C=O) groups excluding carboxylic acids is 1. The molecule has 0 bridgehead atoms. The molecule has 2 heterocycles. The molecule has 9 heteroatoms. The number of nitrogens with one attached hydrogen (secondary N) is 2. The van der Waals surface area contributed by atoms with E-state index in [0.29, 0.717) is 23.7 Å². The van der Waals surface area contributed by atoms with Crippen molar-refractivity contribution in [3.05, 3.63) is 45.6 Å². The van der Waals surface area contributed by atoms with Gasteiger partial charge in [-0.1, -0.05) is 19.4 Å². The Morgan fingerprint density at radius 2 is 2.14 bits per heavy atom. The highest BCUT2D eigenvalue weighted by Gasteiger charge is 2.25. The molecule has 3 rings (SSSR count). The molecule has 2 N–H and O–H groups in total. The molecule has 0 saturated carbocycles. The molecule has 1 aromatic heterocycles. The molecule has 1 aliphatic rings. The van der Waals surface area contributed by atoms with Crippen LogP contribution in [0.3, 0.4) is 0 Å². The van der Waals surface area contributed by atoms with Crippen molar-refractivity contribution in [2.24, 2.45) is 0 Å². The summed E-state index contributed by atoms with van der Waals surface area (Å²) < 4.78 is 0. The molecule has 9 nitrogen and oxygen atoms in total. The van der Waals surface area contributed by atoms with Gasteiger partial charge in [-0.2, -0.15) is 4.98 Å². The van der Waals surface area contributed by atoms with Crippen LogP contribution in [0.5, 0.6) is 0 Å². The third-order valence-electron chi connectivity index (χ3n) is 4.85. The number of aryl methyl sites for hydroxylation is 2. The lowest BCUT2D eigenvalue weighted by Crippen LogP contribution is -2.35. The van der Waals surface area contributed by atoms with Gasteiger partial charge in [0.05, 0.1) is 4.92 Å². The molecule has 1 fully saturated rings. The summed E-state index contributed by atoms with van der Waals surface area (Å²) in [5.41, 5.74) is 2.13. The molecule has 0 radical (unpaired) electrons. The van der Waals surface area contributed by atoms with Crippen LogP contribution in [0.2, 0.25) is 0 Å². The number of anilines is 3. The van der Waals surface area contributed by atoms with Crippen LogP contribution in [0, 0.1) is 17.0 Å². The number of nitrogens with zero attached hydrogens (tertiary/aromatic N) is 4. The molecule has 1 atom stereocenters. The van der Waals surface area contributed by atoms with Crippen LogP contribution in [0.1, 0.15) is 37.9 Å². The lowest BCUT2D eigenvalue weighted by Gasteiger charge is -2.19. The van der Waals surface area contributed by atoms with Gasteiger partial charge in [-0.15, -0.1) is 0 Å². The molecule has 1 aliphatic heterocycles. The van der Waals surface area contributed by atoms with Crippen molar-refractivity contribution in [1.29, 1.82) is 0 Å². The van der Waals surface area contributed by atoms with Gasteiger partial charge in [0.15, 0.2) is 0 Å². The fourth-order valence-corrected chi connectivity index (χ4v) is 3.47. The third-order valence-corrected chi connectivity index (χ3v) is 4.85. The van der Waals surface area contributed by atoms with Crippen molar-refractivity contribution in [3.63, 3.8) is 0 Å². The van der Waals surface area contributed by atoms with Gasteiger partial charge < -0.3 is 15.5 Å². The monoisotopic (exact) mass is 398 g/mol. The summed E-state index contributed by atoms with van der Waals surface area (Å²) in [5.74, 6) is 1.17. The number of hydrogen-bond donors (Lipinski definition) is 2. The van der Waals surface area contributed by atoms with Crippen molar-refractivity contribution < 1.29 is 9.72 Å². The average Bonchev–Trinajstić information content (AvgIpc) is 3.11. The zero-order valence-corrected chi connectivity index (χ0v) is 16.9. The highest BCUT2D eigenvalue weighted by atomic mass is 16.6. The molecule has 2 aromatic rings. The average molecular weight is 398 g/mol. The summed E-state index contributed by atoms with van der Waals surface area (Å²) in [6.45, 7) is 6.80. The number of aromatic nitrogens is 2. The fourth-order valence-electron chi connectivity index (χ4n) is 3.47. The van der Waals surface area contributed by atoms with Gasteiger partial charge in [-0.3, -0.25) is 14.9 Å². The first-order valence-corrected chi connectivity index (χ1v) is 9.77. The highest BCUT2D eigenvalue weighted by molar-refractivity contribution is 5.73. The number of carbonyl (C=O) groups is 1. The largest absolute Gasteiger partial charge is 0.354 e. The molecule has 1 saturated heterocycles. The van der Waals surface area contributed by atoms with Crippen molar-refractivity contribution in [3.8, 4) is 0 Å². The van der Waals surface area contributed by atoms with E-state index in [-0.39, 0.29) is 17.6 Å². The Hall–Kier alpha value is -3.23. The molecule has 0 spiro atoms. The van der Waals surface area contributed by atoms with E-state index in [1.165, 1.54) is 13.0 Å². The Morgan fingerprint density at radius 1 is 1.34 bits per heavy atom. The van der Waals surface area contributed by atoms with Crippen LogP contribution in [0.4, 0.5) is 23.1 Å². The van der Waals surface area contributed by atoms with E-state index in [1.54, 1.807) is 19.1 Å². The standard InChI is InChI=1S/C20H26N6O3/c1-4-5-15-11-19(25-9-8-17(12-25)21-14(3)27)24-20(22-15)23-16-7-6-13(2)18(10-16)26(28)29/h6-7,10-11,17H,4-5,8-9,12H2,1-3H3,(H,21,27)(H,22,23,24). The van der Waals surface area contributed by atoms with Gasteiger partial charge in [-0.25, -0.2) is 4.98 Å². The van der Waals surface area contributed by atoms with Gasteiger partial charge in [0, 0.05) is 55.1 Å². The minimum absolute atomic E-state index is 0.0328. The molecule has 1 aromatic carbocycles. The quantitative estimate of drug-likeness (QED) is 0.544. The topological polar surface area (TPSA) is 113 Å². The SMILES string of the molecule is CCCc1cc(N2CCC(NC(C)=O)C2)nc(Nc2ccc(C)c([N+](=O)[O-])c2)n1. The molecule has 29 heavy (non-hydrogen) atoms. The van der Waals surface area contributed by atoms with Crippen LogP contribution in [-0.4, -0.2) is 39.9 Å². The predicted octanol–water partition coefficient (Wildman–Crippen LogP) is 3.10. The number of nitro benzene ring substituents is 1. The number of nitro groups is 1. The summed E-state index contributed by atoms with van der Waals surface area (Å²) >= 11 is 0. The van der Waals surface area contributed by atoms with Crippen molar-refractivity contribution in [2.45, 2.75) is 46.1 Å². The second kappa shape index (κ2) is 8.85. The van der Waals surface area contributed by atoms with E-state index in [1.807, 2.05) is 6.07 Å². The summed E-state index contributed by atoms with van der Waals surface area (Å²) in [4.78, 5) is 33.5. The van der Waals surface area contributed by atoms with E-state index in [4.69, 9.17) is 0 Å². The Balaban J connectivity index is 1.85. The van der Waals surface area contributed by atoms with Crippen LogP contribution in [0.25, 0.3) is 0 Å². The molecule has 1 unspecified atom stereocenters. The number of hydrogen-bond acceptors (Lipinski definition) is 7. The number of rotatable bonds is 7. The van der Waals surface area contributed by atoms with Crippen molar-refractivity contribution in [2.75, 3.05) is 23.3 Å². The maximum Gasteiger partial charge on any atom is 0.274 e. The van der Waals surface area contributed by atoms with Gasteiger partial charge >= 0.3 is 0 Å². The van der Waals surface area contributed by atoms with Crippen molar-refractivity contribution >= 4 is 29.0 Å². The van der Waals surface area contributed by atoms with Crippen LogP contribution in [-0.2, 0) is 11.2 Å². The Kier molecular flexibility index (Phi) is 6.26. The first kappa shape index (κ1) is 20.5. The zero-order valence-electron chi connectivity index (χ0n) is 16.9.